The van der Waals surface area contributed by atoms with Gasteiger partial charge in [0.1, 0.15) is 0 Å². The van der Waals surface area contributed by atoms with Crippen LogP contribution in [0, 0.1) is 5.21 Å². The van der Waals surface area contributed by atoms with Crippen LogP contribution in [0.3, 0.4) is 0 Å². The molecule has 0 aliphatic carbocycles. The second-order valence-electron chi connectivity index (χ2n) is 0.751. The standard InChI is InChI=1S/CH6I2N4O/c2-5-7(8)6-3-1-4/h5-6H,1,4H2/q-2. The Hall–Kier alpha value is 1.26. The molecule has 5 nitrogen and oxygen atoms in total. The summed E-state index contributed by atoms with van der Waals surface area (Å²) in [6.45, 7) is 0. The third-order valence-electron chi connectivity index (χ3n) is 0.290. The van der Waals surface area contributed by atoms with Gasteiger partial charge in [0.05, 0.1) is 0 Å². The molecule has 0 atom stereocenters. The summed E-state index contributed by atoms with van der Waals surface area (Å²) in [6, 6.07) is 0. The molecule has 52 valence electrons. The number of hydrogen-bond donors (Lipinski definition) is 3. The van der Waals surface area contributed by atoms with Crippen molar-refractivity contribution in [1.29, 1.82) is 0 Å². The first kappa shape index (κ1) is 9.26. The van der Waals surface area contributed by atoms with Crippen LogP contribution in [0.4, 0.5) is 0 Å². The molecule has 0 aliphatic heterocycles. The fraction of sp³-hybridized carbons (Fsp3) is 1.00. The first-order chi connectivity index (χ1) is 3.81. The average Bonchev–Trinajstić information content (AvgIpc) is 1.83. The molecule has 0 amide bonds. The molecule has 0 radical (unpaired) electrons. The molecule has 0 heterocycles. The van der Waals surface area contributed by atoms with Crippen LogP contribution in [0.5, 0.6) is 0 Å². The summed E-state index contributed by atoms with van der Waals surface area (Å²) in [7, 11) is 0. The van der Waals surface area contributed by atoms with Crippen molar-refractivity contribution in [2.45, 2.75) is 0 Å². The maximum atomic E-state index is 10.2. The van der Waals surface area contributed by atoms with Gasteiger partial charge in [-0.25, -0.2) is 0 Å². The normalized spacial score (nSPS) is 11.0. The quantitative estimate of drug-likeness (QED) is 0.160. The zero-order chi connectivity index (χ0) is 6.41. The van der Waals surface area contributed by atoms with E-state index >= 15 is 0 Å². The molecule has 0 aliphatic rings. The van der Waals surface area contributed by atoms with E-state index in [0.29, 0.717) is 9.83 Å². The Morgan fingerprint density at radius 2 is 2.50 bits per heavy atom. The van der Waals surface area contributed by atoms with Crippen LogP contribution in [0.15, 0.2) is 0 Å². The van der Waals surface area contributed by atoms with Gasteiger partial charge < -0.3 is 0 Å². The van der Waals surface area contributed by atoms with Gasteiger partial charge in [0.25, 0.3) is 0 Å². The summed E-state index contributed by atoms with van der Waals surface area (Å²) in [6.07, 6.45) is 0. The fourth-order valence-electron chi connectivity index (χ4n) is 0.105. The summed E-state index contributed by atoms with van der Waals surface area (Å²) in [5.41, 5.74) is 5.12. The Morgan fingerprint density at radius 1 is 1.88 bits per heavy atom. The third kappa shape index (κ3) is 5.40. The molecule has 0 spiro atoms. The molecular formula is CH6I2N4O-2. The second-order valence-corrected chi connectivity index (χ2v) is 3.36. The Balaban J connectivity index is 2.86. The van der Waals surface area contributed by atoms with Gasteiger partial charge in [-0.1, -0.05) is 0 Å². The van der Waals surface area contributed by atoms with Gasteiger partial charge in [-0.3, -0.25) is 0 Å². The predicted octanol–water partition coefficient (Wildman–Crippen LogP) is -3.93. The van der Waals surface area contributed by atoms with Crippen LogP contribution in [0.25, 0.3) is 0 Å². The molecule has 0 aromatic heterocycles. The molecule has 0 aromatic rings. The van der Waals surface area contributed by atoms with Crippen molar-refractivity contribution in [3.63, 3.8) is 0 Å². The van der Waals surface area contributed by atoms with Crippen LogP contribution >= 0.6 is 22.9 Å². The van der Waals surface area contributed by atoms with Gasteiger partial charge in [0, 0.05) is 0 Å². The van der Waals surface area contributed by atoms with Crippen molar-refractivity contribution in [2.75, 3.05) is 4.55 Å². The van der Waals surface area contributed by atoms with Crippen molar-refractivity contribution < 1.29 is 21.5 Å². The summed E-state index contributed by atoms with van der Waals surface area (Å²) >= 11 is 1.39. The van der Waals surface area contributed by atoms with Gasteiger partial charge in [-0.2, -0.15) is 0 Å². The number of halogens is 2. The van der Waals surface area contributed by atoms with Gasteiger partial charge in [0.2, 0.25) is 0 Å². The van der Waals surface area contributed by atoms with E-state index in [0.717, 1.165) is 0 Å². The van der Waals surface area contributed by atoms with Gasteiger partial charge in [-0.05, 0) is 0 Å². The molecular weight excluding hydrogens is 338 g/mol. The van der Waals surface area contributed by atoms with Gasteiger partial charge >= 0.3 is 72.4 Å². The van der Waals surface area contributed by atoms with E-state index in [1.807, 2.05) is 0 Å². The number of hydrogen-bond acceptors (Lipinski definition) is 5. The predicted molar refractivity (Wildman–Crippen MR) is 34.6 cm³/mol. The molecule has 0 saturated carbocycles. The summed E-state index contributed by atoms with van der Waals surface area (Å²) in [4.78, 5) is 0. The number of nitrogens with two attached hydrogens (primary N) is 1. The number of rotatable bonds is 4. The monoisotopic (exact) mass is 344 g/mol. The van der Waals surface area contributed by atoms with Gasteiger partial charge in [0.15, 0.2) is 0 Å². The SMILES string of the molecule is NC[I-]NN([O-])NI. The number of hydrazine groups is 2. The van der Waals surface area contributed by atoms with Crippen molar-refractivity contribution in [3.8, 4) is 0 Å². The summed E-state index contributed by atoms with van der Waals surface area (Å²) in [5, 5.41) is 10.8. The zero-order valence-electron chi connectivity index (χ0n) is 3.90. The van der Waals surface area contributed by atoms with E-state index < -0.39 is 0 Å². The average molecular weight is 344 g/mol. The maximum absolute atomic E-state index is 10.2. The topological polar surface area (TPSA) is 76.4 Å². The Bertz CT molecular complexity index is 53.3. The van der Waals surface area contributed by atoms with Crippen molar-refractivity contribution in [2.24, 2.45) is 5.73 Å². The van der Waals surface area contributed by atoms with Crippen LogP contribution in [0.2, 0.25) is 0 Å². The molecule has 4 N–H and O–H groups in total. The minimum atomic E-state index is -0.345. The number of nitrogens with one attached hydrogen (secondary N) is 2. The van der Waals surface area contributed by atoms with E-state index in [2.05, 4.69) is 7.28 Å². The Labute approximate surface area is 72.0 Å². The summed E-state index contributed by atoms with van der Waals surface area (Å²) in [5.74, 6) is 0. The third-order valence-corrected chi connectivity index (χ3v) is 1.95. The van der Waals surface area contributed by atoms with Crippen molar-refractivity contribution in [1.82, 2.24) is 12.6 Å². The summed E-state index contributed by atoms with van der Waals surface area (Å²) < 4.78 is 5.40. The Morgan fingerprint density at radius 3 is 2.88 bits per heavy atom. The van der Waals surface area contributed by atoms with E-state index in [1.54, 1.807) is 22.9 Å². The number of alkyl halides is 1. The molecule has 8 heavy (non-hydrogen) atoms. The molecule has 0 unspecified atom stereocenters. The zero-order valence-corrected chi connectivity index (χ0v) is 8.21. The van der Waals surface area contributed by atoms with E-state index in [9.17, 15) is 5.21 Å². The van der Waals surface area contributed by atoms with Crippen molar-refractivity contribution in [3.05, 3.63) is 5.21 Å². The van der Waals surface area contributed by atoms with E-state index in [-0.39, 0.29) is 21.5 Å². The molecule has 0 rings (SSSR count). The molecule has 0 fully saturated rings. The van der Waals surface area contributed by atoms with Crippen LogP contribution in [-0.2, 0) is 0 Å². The first-order valence-corrected chi connectivity index (χ1v) is 5.37. The Kier molecular flexibility index (Phi) is 7.39. The van der Waals surface area contributed by atoms with E-state index in [4.69, 9.17) is 5.73 Å². The molecule has 0 bridgehead atoms. The van der Waals surface area contributed by atoms with Crippen LogP contribution in [-0.4, -0.2) is 9.83 Å². The molecule has 0 aromatic carbocycles. The van der Waals surface area contributed by atoms with Crippen molar-refractivity contribution >= 4 is 22.9 Å². The van der Waals surface area contributed by atoms with E-state index in [1.165, 1.54) is 0 Å². The van der Waals surface area contributed by atoms with Gasteiger partial charge in [-0.15, -0.1) is 0 Å². The minimum absolute atomic E-state index is 0.345. The first-order valence-electron chi connectivity index (χ1n) is 1.68. The van der Waals surface area contributed by atoms with Crippen LogP contribution in [0.1, 0.15) is 0 Å². The second kappa shape index (κ2) is 6.38. The number of nitrogens with zero attached hydrogens (tertiary/aromatic N) is 1. The molecule has 0 saturated heterocycles. The fourth-order valence-corrected chi connectivity index (χ4v) is 1.31. The van der Waals surface area contributed by atoms with Crippen LogP contribution < -0.4 is 34.5 Å². The molecule has 7 heteroatoms.